The number of carbonyl (C=O) groups is 1. The largest absolute Gasteiger partial charge is 0.309 e. The van der Waals surface area contributed by atoms with Crippen LogP contribution in [0.2, 0.25) is 0 Å². The first kappa shape index (κ1) is 14.3. The Bertz CT molecular complexity index is 561. The van der Waals surface area contributed by atoms with Gasteiger partial charge in [0.05, 0.1) is 5.69 Å². The number of nitrogens with zero attached hydrogens (tertiary/aromatic N) is 2. The van der Waals surface area contributed by atoms with Crippen molar-refractivity contribution in [3.05, 3.63) is 29.8 Å². The Hall–Kier alpha value is -1.68. The number of nitrogens with two attached hydrogens (primary N) is 1. The molecule has 1 aromatic carbocycles. The van der Waals surface area contributed by atoms with E-state index in [2.05, 4.69) is 18.0 Å². The zero-order valence-electron chi connectivity index (χ0n) is 12.6. The highest BCUT2D eigenvalue weighted by Gasteiger charge is 2.32. The van der Waals surface area contributed by atoms with Crippen LogP contribution >= 0.6 is 0 Å². The third kappa shape index (κ3) is 2.60. The molecule has 3 rings (SSSR count). The molecule has 0 saturated heterocycles. The fraction of sp³-hybridized carbons (Fsp3) is 0.529. The van der Waals surface area contributed by atoms with Crippen LogP contribution in [-0.4, -0.2) is 24.3 Å². The lowest BCUT2D eigenvalue weighted by molar-refractivity contribution is -0.119. The third-order valence-electron chi connectivity index (χ3n) is 4.46. The molecule has 2 N–H and O–H groups in total. The Balaban J connectivity index is 2.09. The lowest BCUT2D eigenvalue weighted by Crippen LogP contribution is -2.42. The fourth-order valence-electron chi connectivity index (χ4n) is 3.46. The van der Waals surface area contributed by atoms with Crippen molar-refractivity contribution in [2.75, 3.05) is 11.4 Å². The Morgan fingerprint density at radius 1 is 1.29 bits per heavy atom. The van der Waals surface area contributed by atoms with E-state index in [0.29, 0.717) is 12.5 Å². The summed E-state index contributed by atoms with van der Waals surface area (Å²) in [7, 11) is 0. The lowest BCUT2D eigenvalue weighted by Gasteiger charge is -2.24. The molecule has 0 spiro atoms. The van der Waals surface area contributed by atoms with Gasteiger partial charge in [-0.05, 0) is 25.3 Å². The first-order chi connectivity index (χ1) is 10.2. The van der Waals surface area contributed by atoms with E-state index in [-0.39, 0.29) is 5.91 Å². The Morgan fingerprint density at radius 3 is 2.71 bits per heavy atom. The van der Waals surface area contributed by atoms with E-state index in [1.54, 1.807) is 0 Å². The van der Waals surface area contributed by atoms with Gasteiger partial charge in [0.1, 0.15) is 0 Å². The number of fused-ring (bicyclic) bond motifs is 1. The van der Waals surface area contributed by atoms with Crippen LogP contribution in [-0.2, 0) is 4.79 Å². The quantitative estimate of drug-likeness (QED) is 0.928. The second-order valence-corrected chi connectivity index (χ2v) is 5.95. The van der Waals surface area contributed by atoms with Gasteiger partial charge in [-0.3, -0.25) is 9.79 Å². The molecule has 21 heavy (non-hydrogen) atoms. The van der Waals surface area contributed by atoms with Crippen molar-refractivity contribution in [2.24, 2.45) is 16.6 Å². The van der Waals surface area contributed by atoms with Gasteiger partial charge in [0.25, 0.3) is 5.91 Å². The Kier molecular flexibility index (Phi) is 4.06. The van der Waals surface area contributed by atoms with Crippen LogP contribution in [0.4, 0.5) is 5.69 Å². The highest BCUT2D eigenvalue weighted by molar-refractivity contribution is 6.13. The molecule has 1 heterocycles. The Labute approximate surface area is 126 Å². The summed E-state index contributed by atoms with van der Waals surface area (Å²) >= 11 is 0. The van der Waals surface area contributed by atoms with Crippen molar-refractivity contribution >= 4 is 17.3 Å². The molecule has 1 atom stereocenters. The predicted octanol–water partition coefficient (Wildman–Crippen LogP) is 2.71. The predicted molar refractivity (Wildman–Crippen MR) is 85.6 cm³/mol. The van der Waals surface area contributed by atoms with Crippen LogP contribution in [0.5, 0.6) is 0 Å². The average molecular weight is 285 g/mol. The number of amides is 1. The van der Waals surface area contributed by atoms with Crippen molar-refractivity contribution < 1.29 is 4.79 Å². The fourth-order valence-corrected chi connectivity index (χ4v) is 3.46. The van der Waals surface area contributed by atoms with Gasteiger partial charge in [-0.15, -0.1) is 0 Å². The molecule has 1 aliphatic heterocycles. The number of benzodiazepines with no additional fused rings is 1. The minimum absolute atomic E-state index is 0.0858. The van der Waals surface area contributed by atoms with E-state index in [4.69, 9.17) is 5.73 Å². The van der Waals surface area contributed by atoms with Crippen molar-refractivity contribution in [3.63, 3.8) is 0 Å². The number of para-hydroxylation sites is 1. The second-order valence-electron chi connectivity index (χ2n) is 5.95. The van der Waals surface area contributed by atoms with Crippen LogP contribution in [0.3, 0.4) is 0 Å². The summed E-state index contributed by atoms with van der Waals surface area (Å²) in [5.74, 6) is 0.365. The second kappa shape index (κ2) is 5.98. The highest BCUT2D eigenvalue weighted by atomic mass is 16.2. The minimum atomic E-state index is -0.764. The van der Waals surface area contributed by atoms with Gasteiger partial charge in [-0.25, -0.2) is 0 Å². The number of hydrogen-bond acceptors (Lipinski definition) is 3. The van der Waals surface area contributed by atoms with Gasteiger partial charge < -0.3 is 10.6 Å². The molecule has 1 amide bonds. The molecule has 1 aromatic rings. The van der Waals surface area contributed by atoms with Crippen LogP contribution in [0.1, 0.15) is 44.6 Å². The monoisotopic (exact) mass is 285 g/mol. The van der Waals surface area contributed by atoms with E-state index in [0.717, 1.165) is 36.2 Å². The van der Waals surface area contributed by atoms with E-state index in [9.17, 15) is 4.79 Å². The van der Waals surface area contributed by atoms with Gasteiger partial charge in [0.2, 0.25) is 0 Å². The van der Waals surface area contributed by atoms with Crippen LogP contribution in [0, 0.1) is 5.92 Å². The van der Waals surface area contributed by atoms with E-state index in [1.165, 1.54) is 12.8 Å². The molecule has 0 aromatic heterocycles. The Morgan fingerprint density at radius 2 is 2.00 bits per heavy atom. The summed E-state index contributed by atoms with van der Waals surface area (Å²) in [6.07, 6.45) is 4.94. The van der Waals surface area contributed by atoms with Gasteiger partial charge in [0.15, 0.2) is 6.17 Å². The van der Waals surface area contributed by atoms with Crippen molar-refractivity contribution in [1.29, 1.82) is 0 Å². The van der Waals surface area contributed by atoms with Gasteiger partial charge in [0, 0.05) is 23.7 Å². The van der Waals surface area contributed by atoms with Gasteiger partial charge in [-0.2, -0.15) is 0 Å². The molecule has 0 radical (unpaired) electrons. The number of carbonyl (C=O) groups excluding carboxylic acids is 1. The number of benzene rings is 1. The maximum absolute atomic E-state index is 12.6. The molecule has 4 heteroatoms. The molecule has 0 unspecified atom stereocenters. The molecule has 112 valence electrons. The normalized spacial score (nSPS) is 23.0. The number of aliphatic imine (C=N–C) groups is 1. The summed E-state index contributed by atoms with van der Waals surface area (Å²) in [5, 5.41) is 0. The van der Waals surface area contributed by atoms with Gasteiger partial charge >= 0.3 is 0 Å². The summed E-state index contributed by atoms with van der Waals surface area (Å²) < 4.78 is 0. The van der Waals surface area contributed by atoms with Crippen LogP contribution in [0.15, 0.2) is 29.3 Å². The van der Waals surface area contributed by atoms with Gasteiger partial charge in [-0.1, -0.05) is 38.0 Å². The first-order valence-electron chi connectivity index (χ1n) is 7.96. The summed E-state index contributed by atoms with van der Waals surface area (Å²) in [5.41, 5.74) is 9.17. The van der Waals surface area contributed by atoms with Crippen LogP contribution < -0.4 is 10.6 Å². The molecule has 4 nitrogen and oxygen atoms in total. The lowest BCUT2D eigenvalue weighted by atomic mass is 9.94. The van der Waals surface area contributed by atoms with E-state index < -0.39 is 6.17 Å². The van der Waals surface area contributed by atoms with E-state index >= 15 is 0 Å². The van der Waals surface area contributed by atoms with Crippen molar-refractivity contribution in [2.45, 2.75) is 45.2 Å². The van der Waals surface area contributed by atoms with Crippen molar-refractivity contribution in [1.82, 2.24) is 0 Å². The SMILES string of the molecule is CCCN1C(=O)[C@@H](N)N=C(C2CCCC2)c2ccccc21. The summed E-state index contributed by atoms with van der Waals surface area (Å²) in [6, 6.07) is 8.11. The number of anilines is 1. The topological polar surface area (TPSA) is 58.7 Å². The minimum Gasteiger partial charge on any atom is -0.309 e. The smallest absolute Gasteiger partial charge is 0.266 e. The molecule has 1 fully saturated rings. The number of hydrogen-bond donors (Lipinski definition) is 1. The first-order valence-corrected chi connectivity index (χ1v) is 7.96. The third-order valence-corrected chi connectivity index (χ3v) is 4.46. The maximum Gasteiger partial charge on any atom is 0.266 e. The molecule has 0 bridgehead atoms. The molecule has 2 aliphatic rings. The zero-order chi connectivity index (χ0) is 14.8. The summed E-state index contributed by atoms with van der Waals surface area (Å²) in [6.45, 7) is 2.77. The molecule has 1 saturated carbocycles. The zero-order valence-corrected chi connectivity index (χ0v) is 12.6. The van der Waals surface area contributed by atoms with Crippen molar-refractivity contribution in [3.8, 4) is 0 Å². The molecule has 1 aliphatic carbocycles. The van der Waals surface area contributed by atoms with E-state index in [1.807, 2.05) is 23.1 Å². The maximum atomic E-state index is 12.6. The summed E-state index contributed by atoms with van der Waals surface area (Å²) in [4.78, 5) is 19.0. The molecular formula is C17H23N3O. The molecular weight excluding hydrogens is 262 g/mol. The number of rotatable bonds is 3. The highest BCUT2D eigenvalue weighted by Crippen LogP contribution is 2.34. The average Bonchev–Trinajstić information content (AvgIpc) is 3.00. The standard InChI is InChI=1S/C17H23N3O/c1-2-11-20-14-10-6-5-9-13(14)15(12-7-3-4-8-12)19-16(18)17(20)21/h5-6,9-10,12,16H,2-4,7-8,11,18H2,1H3/t16-/m0/s1. The van der Waals surface area contributed by atoms with Crippen LogP contribution in [0.25, 0.3) is 0 Å².